The van der Waals surface area contributed by atoms with E-state index in [1.807, 2.05) is 26.0 Å². The van der Waals surface area contributed by atoms with Gasteiger partial charge in [0.2, 0.25) is 11.1 Å². The number of carbonyl (C=O) groups excluding carboxylic acids is 1. The second-order valence-electron chi connectivity index (χ2n) is 6.60. The molecule has 0 unspecified atom stereocenters. The highest BCUT2D eigenvalue weighted by Crippen LogP contribution is 2.29. The predicted molar refractivity (Wildman–Crippen MR) is 107 cm³/mol. The first kappa shape index (κ1) is 18.1. The van der Waals surface area contributed by atoms with Gasteiger partial charge in [-0.05, 0) is 61.6 Å². The standard InChI is InChI=1S/C18H20N6OS2/c1-11-7-8-14(12(2)9-11)24-18(21-22-23-24)26-10-16(25)20-17-19-13-5-3-4-6-15(13)27-17/h7-9H,3-6,10H2,1-2H3,(H,19,20,25). The Bertz CT molecular complexity index is 957. The van der Waals surface area contributed by atoms with E-state index in [0.29, 0.717) is 10.3 Å². The number of thiazole rings is 1. The van der Waals surface area contributed by atoms with Crippen molar-refractivity contribution in [3.63, 3.8) is 0 Å². The molecule has 27 heavy (non-hydrogen) atoms. The number of aryl methyl sites for hydroxylation is 4. The lowest BCUT2D eigenvalue weighted by molar-refractivity contribution is -0.113. The number of thioether (sulfide) groups is 1. The van der Waals surface area contributed by atoms with Gasteiger partial charge in [-0.15, -0.1) is 16.4 Å². The van der Waals surface area contributed by atoms with Crippen LogP contribution in [-0.4, -0.2) is 36.9 Å². The van der Waals surface area contributed by atoms with Crippen molar-refractivity contribution < 1.29 is 4.79 Å². The number of tetrazole rings is 1. The van der Waals surface area contributed by atoms with E-state index in [1.165, 1.54) is 35.0 Å². The van der Waals surface area contributed by atoms with E-state index in [2.05, 4.69) is 31.9 Å². The van der Waals surface area contributed by atoms with Gasteiger partial charge in [-0.2, -0.15) is 4.68 Å². The number of nitrogens with zero attached hydrogens (tertiary/aromatic N) is 5. The molecular weight excluding hydrogens is 380 g/mol. The molecule has 0 fully saturated rings. The number of aromatic nitrogens is 5. The summed E-state index contributed by atoms with van der Waals surface area (Å²) in [7, 11) is 0. The Morgan fingerprint density at radius 2 is 2.15 bits per heavy atom. The molecule has 0 saturated heterocycles. The van der Waals surface area contributed by atoms with E-state index < -0.39 is 0 Å². The summed E-state index contributed by atoms with van der Waals surface area (Å²) in [5.41, 5.74) is 4.33. The fourth-order valence-electron chi connectivity index (χ4n) is 3.15. The van der Waals surface area contributed by atoms with Crippen molar-refractivity contribution in [1.29, 1.82) is 0 Å². The quantitative estimate of drug-likeness (QED) is 0.661. The van der Waals surface area contributed by atoms with Crippen molar-refractivity contribution in [2.75, 3.05) is 11.1 Å². The average Bonchev–Trinajstić information content (AvgIpc) is 3.26. The zero-order valence-electron chi connectivity index (χ0n) is 15.2. The lowest BCUT2D eigenvalue weighted by Gasteiger charge is -2.08. The third-order valence-electron chi connectivity index (χ3n) is 4.45. The van der Waals surface area contributed by atoms with Gasteiger partial charge >= 0.3 is 0 Å². The SMILES string of the molecule is Cc1ccc(-n2nnnc2SCC(=O)Nc2nc3c(s2)CCCC3)c(C)c1. The van der Waals surface area contributed by atoms with Gasteiger partial charge in [0, 0.05) is 4.88 Å². The maximum atomic E-state index is 12.3. The van der Waals surface area contributed by atoms with E-state index in [-0.39, 0.29) is 11.7 Å². The number of hydrogen-bond donors (Lipinski definition) is 1. The molecule has 9 heteroatoms. The zero-order chi connectivity index (χ0) is 18.8. The molecule has 1 N–H and O–H groups in total. The first-order chi connectivity index (χ1) is 13.1. The maximum Gasteiger partial charge on any atom is 0.236 e. The van der Waals surface area contributed by atoms with E-state index in [0.717, 1.165) is 29.8 Å². The topological polar surface area (TPSA) is 85.6 Å². The van der Waals surface area contributed by atoms with Crippen LogP contribution in [0.2, 0.25) is 0 Å². The fourth-order valence-corrected chi connectivity index (χ4v) is 4.90. The first-order valence-corrected chi connectivity index (χ1v) is 10.7. The Balaban J connectivity index is 1.41. The van der Waals surface area contributed by atoms with Crippen LogP contribution in [0.25, 0.3) is 5.69 Å². The summed E-state index contributed by atoms with van der Waals surface area (Å²) in [6.45, 7) is 4.07. The summed E-state index contributed by atoms with van der Waals surface area (Å²) in [5, 5.41) is 16.1. The van der Waals surface area contributed by atoms with E-state index in [4.69, 9.17) is 0 Å². The molecule has 1 amide bonds. The Labute approximate surface area is 165 Å². The molecule has 7 nitrogen and oxygen atoms in total. The van der Waals surface area contributed by atoms with Crippen LogP contribution in [0.3, 0.4) is 0 Å². The monoisotopic (exact) mass is 400 g/mol. The third kappa shape index (κ3) is 4.03. The molecule has 0 radical (unpaired) electrons. The Morgan fingerprint density at radius 1 is 1.30 bits per heavy atom. The zero-order valence-corrected chi connectivity index (χ0v) is 16.9. The van der Waals surface area contributed by atoms with Gasteiger partial charge in [0.25, 0.3) is 0 Å². The number of amides is 1. The predicted octanol–water partition coefficient (Wildman–Crippen LogP) is 3.35. The van der Waals surface area contributed by atoms with Crippen LogP contribution >= 0.6 is 23.1 Å². The minimum absolute atomic E-state index is 0.0960. The minimum atomic E-state index is -0.0960. The molecule has 1 aromatic carbocycles. The second-order valence-corrected chi connectivity index (χ2v) is 8.62. The number of carbonyl (C=O) groups is 1. The highest BCUT2D eigenvalue weighted by atomic mass is 32.2. The molecule has 0 saturated carbocycles. The highest BCUT2D eigenvalue weighted by Gasteiger charge is 2.17. The van der Waals surface area contributed by atoms with Crippen molar-refractivity contribution in [1.82, 2.24) is 25.2 Å². The van der Waals surface area contributed by atoms with Crippen molar-refractivity contribution in [2.45, 2.75) is 44.7 Å². The number of hydrogen-bond acceptors (Lipinski definition) is 7. The van der Waals surface area contributed by atoms with Gasteiger partial charge in [0.15, 0.2) is 5.13 Å². The summed E-state index contributed by atoms with van der Waals surface area (Å²) in [4.78, 5) is 18.2. The molecule has 4 rings (SSSR count). The van der Waals surface area contributed by atoms with Crippen LogP contribution in [-0.2, 0) is 17.6 Å². The molecule has 0 aliphatic heterocycles. The third-order valence-corrected chi connectivity index (χ3v) is 6.44. The highest BCUT2D eigenvalue weighted by molar-refractivity contribution is 7.99. The summed E-state index contributed by atoms with van der Waals surface area (Å²) >= 11 is 2.91. The molecule has 3 aromatic rings. The van der Waals surface area contributed by atoms with Gasteiger partial charge in [0.1, 0.15) is 0 Å². The Morgan fingerprint density at radius 3 is 2.96 bits per heavy atom. The summed E-state index contributed by atoms with van der Waals surface area (Å²) in [6.07, 6.45) is 4.48. The largest absolute Gasteiger partial charge is 0.301 e. The first-order valence-electron chi connectivity index (χ1n) is 8.87. The molecule has 2 heterocycles. The van der Waals surface area contributed by atoms with Gasteiger partial charge in [-0.1, -0.05) is 29.5 Å². The molecule has 1 aliphatic rings. The van der Waals surface area contributed by atoms with Crippen LogP contribution in [0, 0.1) is 13.8 Å². The number of benzene rings is 1. The fraction of sp³-hybridized carbons (Fsp3) is 0.389. The number of nitrogens with one attached hydrogen (secondary N) is 1. The van der Waals surface area contributed by atoms with E-state index in [1.54, 1.807) is 16.0 Å². The Hall–Kier alpha value is -2.26. The molecule has 0 atom stereocenters. The van der Waals surface area contributed by atoms with Crippen molar-refractivity contribution in [3.8, 4) is 5.69 Å². The molecule has 1 aliphatic carbocycles. The molecule has 0 bridgehead atoms. The lowest BCUT2D eigenvalue weighted by atomic mass is 10.0. The van der Waals surface area contributed by atoms with E-state index >= 15 is 0 Å². The van der Waals surface area contributed by atoms with Crippen LogP contribution in [0.15, 0.2) is 23.4 Å². The van der Waals surface area contributed by atoms with Gasteiger partial charge in [-0.3, -0.25) is 4.79 Å². The normalized spacial score (nSPS) is 13.4. The van der Waals surface area contributed by atoms with Crippen LogP contribution < -0.4 is 5.32 Å². The molecule has 2 aromatic heterocycles. The number of anilines is 1. The lowest BCUT2D eigenvalue weighted by Crippen LogP contribution is -2.14. The van der Waals surface area contributed by atoms with Crippen LogP contribution in [0.1, 0.15) is 34.5 Å². The summed E-state index contributed by atoms with van der Waals surface area (Å²) < 4.78 is 1.68. The van der Waals surface area contributed by atoms with Crippen molar-refractivity contribution >= 4 is 34.1 Å². The number of rotatable bonds is 5. The maximum absolute atomic E-state index is 12.3. The summed E-state index contributed by atoms with van der Waals surface area (Å²) in [5.74, 6) is 0.136. The smallest absolute Gasteiger partial charge is 0.236 e. The molecular formula is C18H20N6OS2. The minimum Gasteiger partial charge on any atom is -0.301 e. The van der Waals surface area contributed by atoms with Crippen molar-refractivity contribution in [3.05, 3.63) is 39.9 Å². The van der Waals surface area contributed by atoms with Gasteiger partial charge < -0.3 is 5.32 Å². The van der Waals surface area contributed by atoms with E-state index in [9.17, 15) is 4.79 Å². The summed E-state index contributed by atoms with van der Waals surface area (Å²) in [6, 6.07) is 6.10. The van der Waals surface area contributed by atoms with Crippen LogP contribution in [0.4, 0.5) is 5.13 Å². The molecule has 140 valence electrons. The number of fused-ring (bicyclic) bond motifs is 1. The van der Waals surface area contributed by atoms with Crippen molar-refractivity contribution in [2.24, 2.45) is 0 Å². The van der Waals surface area contributed by atoms with Gasteiger partial charge in [0.05, 0.1) is 17.1 Å². The second kappa shape index (κ2) is 7.77. The van der Waals surface area contributed by atoms with Gasteiger partial charge in [-0.25, -0.2) is 4.98 Å². The average molecular weight is 401 g/mol. The van der Waals surface area contributed by atoms with Crippen LogP contribution in [0.5, 0.6) is 0 Å². The molecule has 0 spiro atoms. The Kier molecular flexibility index (Phi) is 5.22.